The minimum absolute atomic E-state index is 0.288. The van der Waals surface area contributed by atoms with E-state index in [1.807, 2.05) is 44.2 Å². The number of anilines is 1. The molecule has 6 heteroatoms. The van der Waals surface area contributed by atoms with Gasteiger partial charge >= 0.3 is 0 Å². The van der Waals surface area contributed by atoms with Crippen LogP contribution in [-0.2, 0) is 6.42 Å². The van der Waals surface area contributed by atoms with Gasteiger partial charge < -0.3 is 10.1 Å². The van der Waals surface area contributed by atoms with Crippen molar-refractivity contribution >= 4 is 11.6 Å². The van der Waals surface area contributed by atoms with E-state index in [0.717, 1.165) is 12.1 Å². The summed E-state index contributed by atoms with van der Waals surface area (Å²) >= 11 is 0. The molecule has 26 heavy (non-hydrogen) atoms. The van der Waals surface area contributed by atoms with E-state index in [0.29, 0.717) is 23.7 Å². The first-order valence-corrected chi connectivity index (χ1v) is 8.68. The quantitative estimate of drug-likeness (QED) is 0.734. The van der Waals surface area contributed by atoms with Gasteiger partial charge in [0.05, 0.1) is 23.7 Å². The number of nitrogens with zero attached hydrogens (tertiary/aromatic N) is 3. The standard InChI is InChI=1S/C20H22N4O2/c1-4-15-10-12-16(13-11-15)24-14(3)19(22-23-24)20(25)21-17-8-6-7-9-18(17)26-5-2/h6-13H,4-5H2,1-3H3,(H,21,25). The van der Waals surface area contributed by atoms with Gasteiger partial charge in [0.1, 0.15) is 5.75 Å². The molecule has 0 saturated carbocycles. The minimum Gasteiger partial charge on any atom is -0.492 e. The van der Waals surface area contributed by atoms with Gasteiger partial charge in [0.2, 0.25) is 0 Å². The Balaban J connectivity index is 1.84. The number of amides is 1. The Kier molecular flexibility index (Phi) is 5.31. The zero-order chi connectivity index (χ0) is 18.5. The first-order chi connectivity index (χ1) is 12.6. The molecule has 1 N–H and O–H groups in total. The molecule has 1 heterocycles. The summed E-state index contributed by atoms with van der Waals surface area (Å²) in [5.74, 6) is 0.314. The van der Waals surface area contributed by atoms with E-state index in [1.54, 1.807) is 10.7 Å². The molecule has 6 nitrogen and oxygen atoms in total. The first-order valence-electron chi connectivity index (χ1n) is 8.68. The van der Waals surface area contributed by atoms with Gasteiger partial charge in [-0.1, -0.05) is 36.4 Å². The molecule has 0 atom stereocenters. The third-order valence-electron chi connectivity index (χ3n) is 4.13. The van der Waals surface area contributed by atoms with E-state index in [9.17, 15) is 4.79 Å². The van der Waals surface area contributed by atoms with Crippen LogP contribution in [0.1, 0.15) is 35.6 Å². The fourth-order valence-corrected chi connectivity index (χ4v) is 2.69. The topological polar surface area (TPSA) is 69.0 Å². The average molecular weight is 350 g/mol. The van der Waals surface area contributed by atoms with Gasteiger partial charge in [-0.15, -0.1) is 5.10 Å². The summed E-state index contributed by atoms with van der Waals surface area (Å²) in [7, 11) is 0. The molecule has 0 aliphatic rings. The van der Waals surface area contributed by atoms with Crippen molar-refractivity contribution in [1.29, 1.82) is 0 Å². The van der Waals surface area contributed by atoms with Crippen LogP contribution in [0.3, 0.4) is 0 Å². The van der Waals surface area contributed by atoms with Gasteiger partial charge in [-0.05, 0) is 50.1 Å². The van der Waals surface area contributed by atoms with Crippen molar-refractivity contribution in [2.75, 3.05) is 11.9 Å². The number of benzene rings is 2. The summed E-state index contributed by atoms with van der Waals surface area (Å²) in [4.78, 5) is 12.7. The monoisotopic (exact) mass is 350 g/mol. The SMILES string of the molecule is CCOc1ccccc1NC(=O)c1nnn(-c2ccc(CC)cc2)c1C. The van der Waals surface area contributed by atoms with E-state index in [4.69, 9.17) is 4.74 Å². The molecule has 3 aromatic rings. The van der Waals surface area contributed by atoms with Crippen molar-refractivity contribution in [1.82, 2.24) is 15.0 Å². The highest BCUT2D eigenvalue weighted by Gasteiger charge is 2.18. The normalized spacial score (nSPS) is 10.6. The third kappa shape index (κ3) is 3.59. The molecule has 2 aromatic carbocycles. The van der Waals surface area contributed by atoms with Crippen LogP contribution in [0.15, 0.2) is 48.5 Å². The number of ether oxygens (including phenoxy) is 1. The van der Waals surface area contributed by atoms with Crippen LogP contribution in [-0.4, -0.2) is 27.5 Å². The number of carbonyl (C=O) groups excluding carboxylic acids is 1. The van der Waals surface area contributed by atoms with Gasteiger partial charge in [0.25, 0.3) is 5.91 Å². The highest BCUT2D eigenvalue weighted by Crippen LogP contribution is 2.24. The highest BCUT2D eigenvalue weighted by atomic mass is 16.5. The van der Waals surface area contributed by atoms with E-state index in [1.165, 1.54) is 5.56 Å². The summed E-state index contributed by atoms with van der Waals surface area (Å²) < 4.78 is 7.21. The van der Waals surface area contributed by atoms with Crippen LogP contribution in [0.5, 0.6) is 5.75 Å². The van der Waals surface area contributed by atoms with Crippen molar-refractivity contribution in [3.05, 3.63) is 65.5 Å². The summed E-state index contributed by atoms with van der Waals surface area (Å²) in [6, 6.07) is 15.4. The number of aromatic nitrogens is 3. The number of aryl methyl sites for hydroxylation is 1. The summed E-state index contributed by atoms with van der Waals surface area (Å²) in [5, 5.41) is 11.1. The maximum absolute atomic E-state index is 12.7. The highest BCUT2D eigenvalue weighted by molar-refractivity contribution is 6.04. The Morgan fingerprint density at radius 1 is 1.12 bits per heavy atom. The summed E-state index contributed by atoms with van der Waals surface area (Å²) in [6.07, 6.45) is 0.976. The zero-order valence-corrected chi connectivity index (χ0v) is 15.2. The van der Waals surface area contributed by atoms with Crippen molar-refractivity contribution in [3.63, 3.8) is 0 Å². The maximum atomic E-state index is 12.7. The third-order valence-corrected chi connectivity index (χ3v) is 4.13. The summed E-state index contributed by atoms with van der Waals surface area (Å²) in [6.45, 7) is 6.36. The lowest BCUT2D eigenvalue weighted by molar-refractivity contribution is 0.102. The number of hydrogen-bond donors (Lipinski definition) is 1. The van der Waals surface area contributed by atoms with Crippen molar-refractivity contribution in [2.45, 2.75) is 27.2 Å². The Morgan fingerprint density at radius 2 is 1.85 bits per heavy atom. The molecule has 0 fully saturated rings. The number of hydrogen-bond acceptors (Lipinski definition) is 4. The van der Waals surface area contributed by atoms with Crippen molar-refractivity contribution in [3.8, 4) is 11.4 Å². The van der Waals surface area contributed by atoms with Gasteiger partial charge in [-0.2, -0.15) is 0 Å². The number of carbonyl (C=O) groups is 1. The molecule has 1 amide bonds. The van der Waals surface area contributed by atoms with Crippen LogP contribution < -0.4 is 10.1 Å². The second-order valence-electron chi connectivity index (χ2n) is 5.84. The number of para-hydroxylation sites is 2. The lowest BCUT2D eigenvalue weighted by Gasteiger charge is -2.10. The smallest absolute Gasteiger partial charge is 0.278 e. The molecule has 0 bridgehead atoms. The van der Waals surface area contributed by atoms with Gasteiger partial charge in [0.15, 0.2) is 5.69 Å². The molecule has 0 radical (unpaired) electrons. The average Bonchev–Trinajstić information content (AvgIpc) is 3.05. The Hall–Kier alpha value is -3.15. The predicted octanol–water partition coefficient (Wildman–Crippen LogP) is 3.79. The molecule has 0 saturated heterocycles. The van der Waals surface area contributed by atoms with Crippen LogP contribution in [0, 0.1) is 6.92 Å². The molecule has 3 rings (SSSR count). The Morgan fingerprint density at radius 3 is 2.54 bits per heavy atom. The van der Waals surface area contributed by atoms with Crippen LogP contribution in [0.4, 0.5) is 5.69 Å². The van der Waals surface area contributed by atoms with Crippen LogP contribution >= 0.6 is 0 Å². The molecule has 0 aliphatic heterocycles. The molecule has 134 valence electrons. The molecule has 0 unspecified atom stereocenters. The minimum atomic E-state index is -0.314. The van der Waals surface area contributed by atoms with Gasteiger partial charge in [-0.3, -0.25) is 4.79 Å². The second-order valence-corrected chi connectivity index (χ2v) is 5.84. The van der Waals surface area contributed by atoms with E-state index < -0.39 is 0 Å². The van der Waals surface area contributed by atoms with Crippen LogP contribution in [0.2, 0.25) is 0 Å². The Bertz CT molecular complexity index is 900. The number of nitrogens with one attached hydrogen (secondary N) is 1. The summed E-state index contributed by atoms with van der Waals surface area (Å²) in [5.41, 5.74) is 3.70. The van der Waals surface area contributed by atoms with E-state index in [-0.39, 0.29) is 11.6 Å². The fraction of sp³-hybridized carbons (Fsp3) is 0.250. The molecule has 0 aliphatic carbocycles. The molecule has 1 aromatic heterocycles. The zero-order valence-electron chi connectivity index (χ0n) is 15.2. The second kappa shape index (κ2) is 7.82. The molecular formula is C20H22N4O2. The first kappa shape index (κ1) is 17.7. The van der Waals surface area contributed by atoms with E-state index in [2.05, 4.69) is 34.7 Å². The fourth-order valence-electron chi connectivity index (χ4n) is 2.69. The maximum Gasteiger partial charge on any atom is 0.278 e. The lowest BCUT2D eigenvalue weighted by Crippen LogP contribution is -2.15. The Labute approximate surface area is 152 Å². The van der Waals surface area contributed by atoms with E-state index >= 15 is 0 Å². The van der Waals surface area contributed by atoms with Gasteiger partial charge in [0, 0.05) is 0 Å². The molecular weight excluding hydrogens is 328 g/mol. The van der Waals surface area contributed by atoms with Crippen molar-refractivity contribution < 1.29 is 9.53 Å². The lowest BCUT2D eigenvalue weighted by atomic mass is 10.1. The number of rotatable bonds is 6. The van der Waals surface area contributed by atoms with Crippen molar-refractivity contribution in [2.24, 2.45) is 0 Å². The predicted molar refractivity (Wildman–Crippen MR) is 101 cm³/mol. The van der Waals surface area contributed by atoms with Gasteiger partial charge in [-0.25, -0.2) is 4.68 Å². The largest absolute Gasteiger partial charge is 0.492 e. The van der Waals surface area contributed by atoms with Crippen LogP contribution in [0.25, 0.3) is 5.69 Å². The molecule has 0 spiro atoms.